The van der Waals surface area contributed by atoms with Crippen molar-refractivity contribution >= 4 is 22.7 Å². The number of ether oxygens (including phenoxy) is 3. The van der Waals surface area contributed by atoms with Crippen LogP contribution < -0.4 is 14.2 Å². The van der Waals surface area contributed by atoms with Crippen molar-refractivity contribution < 1.29 is 19.0 Å². The van der Waals surface area contributed by atoms with Crippen molar-refractivity contribution in [2.75, 3.05) is 21.3 Å². The fourth-order valence-corrected chi connectivity index (χ4v) is 4.44. The van der Waals surface area contributed by atoms with Gasteiger partial charge in [-0.2, -0.15) is 0 Å². The smallest absolute Gasteiger partial charge is 0.203 e. The fraction of sp³-hybridized carbons (Fsp3) is 0.368. The lowest BCUT2D eigenvalue weighted by Crippen LogP contribution is -2.35. The molecule has 6 nitrogen and oxygen atoms in total. The average molecular weight is 372 g/mol. The minimum absolute atomic E-state index is 0.165. The molecule has 7 heteroatoms. The summed E-state index contributed by atoms with van der Waals surface area (Å²) in [6.07, 6.45) is 4.23. The van der Waals surface area contributed by atoms with Crippen LogP contribution in [0.25, 0.3) is 0 Å². The number of carbonyl (C=O) groups excluding carboxylic acids is 1. The van der Waals surface area contributed by atoms with E-state index in [1.54, 1.807) is 33.1 Å². The molecule has 2 aliphatic heterocycles. The molecule has 1 aromatic rings. The summed E-state index contributed by atoms with van der Waals surface area (Å²) in [5.41, 5.74) is 2.60. The molecule has 136 valence electrons. The van der Waals surface area contributed by atoms with E-state index in [1.165, 1.54) is 0 Å². The lowest BCUT2D eigenvalue weighted by molar-refractivity contribution is -0.116. The van der Waals surface area contributed by atoms with Gasteiger partial charge in [0.1, 0.15) is 0 Å². The van der Waals surface area contributed by atoms with Gasteiger partial charge in [-0.3, -0.25) is 4.79 Å². The molecule has 0 fully saturated rings. The van der Waals surface area contributed by atoms with Crippen LogP contribution in [0.15, 0.2) is 40.0 Å². The maximum Gasteiger partial charge on any atom is 0.203 e. The Hall–Kier alpha value is -2.41. The van der Waals surface area contributed by atoms with E-state index < -0.39 is 0 Å². The molecule has 0 spiro atoms. The van der Waals surface area contributed by atoms with Crippen molar-refractivity contribution in [1.29, 1.82) is 0 Å². The Bertz CT molecular complexity index is 834. The van der Waals surface area contributed by atoms with Crippen molar-refractivity contribution in [3.63, 3.8) is 0 Å². The van der Waals surface area contributed by atoms with Gasteiger partial charge in [-0.05, 0) is 35.9 Å². The Morgan fingerprint density at radius 2 is 1.85 bits per heavy atom. The van der Waals surface area contributed by atoms with Gasteiger partial charge in [-0.1, -0.05) is 11.8 Å². The maximum absolute atomic E-state index is 12.8. The van der Waals surface area contributed by atoms with Crippen molar-refractivity contribution in [1.82, 2.24) is 4.90 Å². The van der Waals surface area contributed by atoms with Crippen LogP contribution in [0.5, 0.6) is 17.2 Å². The summed E-state index contributed by atoms with van der Waals surface area (Å²) in [4.78, 5) is 19.5. The second-order valence-electron chi connectivity index (χ2n) is 6.20. The molecule has 0 aromatic heterocycles. The molecule has 0 radical (unpaired) electrons. The van der Waals surface area contributed by atoms with Crippen LogP contribution in [0.3, 0.4) is 0 Å². The number of carbonyl (C=O) groups is 1. The molecule has 2 heterocycles. The summed E-state index contributed by atoms with van der Waals surface area (Å²) in [6, 6.07) is 3.60. The largest absolute Gasteiger partial charge is 0.493 e. The van der Waals surface area contributed by atoms with Crippen LogP contribution in [-0.2, 0) is 4.79 Å². The van der Waals surface area contributed by atoms with Gasteiger partial charge in [-0.15, -0.1) is 0 Å². The second-order valence-corrected chi connectivity index (χ2v) is 7.08. The molecule has 0 bridgehead atoms. The molecule has 3 aliphatic rings. The number of hydrogen-bond donors (Lipinski definition) is 0. The zero-order valence-electron chi connectivity index (χ0n) is 14.9. The summed E-state index contributed by atoms with van der Waals surface area (Å²) in [7, 11) is 4.77. The Balaban J connectivity index is 1.90. The molecule has 26 heavy (non-hydrogen) atoms. The molecule has 4 rings (SSSR count). The SMILES string of the molecule is COc1cc(C2C3=C(CCCC3=O)N=C3SC=CN32)cc(OC)c1OC. The standard InChI is InChI=1S/C19H20N2O4S/c1-23-14-9-11(10-15(24-2)18(14)25-3)17-16-12(5-4-6-13(16)22)20-19-21(17)7-8-26-19/h7-10,17H,4-6H2,1-3H3. The summed E-state index contributed by atoms with van der Waals surface area (Å²) in [5, 5.41) is 2.89. The van der Waals surface area contributed by atoms with E-state index in [9.17, 15) is 4.79 Å². The first-order valence-electron chi connectivity index (χ1n) is 8.44. The van der Waals surface area contributed by atoms with Gasteiger partial charge in [0.2, 0.25) is 5.75 Å². The van der Waals surface area contributed by atoms with Gasteiger partial charge >= 0.3 is 0 Å². The lowest BCUT2D eigenvalue weighted by Gasteiger charge is -2.36. The first kappa shape index (κ1) is 17.0. The number of amidine groups is 1. The minimum Gasteiger partial charge on any atom is -0.493 e. The van der Waals surface area contributed by atoms with Crippen LogP contribution in [-0.4, -0.2) is 37.2 Å². The predicted molar refractivity (Wildman–Crippen MR) is 101 cm³/mol. The Morgan fingerprint density at radius 3 is 2.50 bits per heavy atom. The summed E-state index contributed by atoms with van der Waals surface area (Å²) >= 11 is 1.57. The molecule has 1 unspecified atom stereocenters. The number of nitrogens with zero attached hydrogens (tertiary/aromatic N) is 2. The zero-order chi connectivity index (χ0) is 18.3. The second kappa shape index (κ2) is 6.72. The van der Waals surface area contributed by atoms with E-state index in [-0.39, 0.29) is 11.8 Å². The summed E-state index contributed by atoms with van der Waals surface area (Å²) < 4.78 is 16.4. The van der Waals surface area contributed by atoms with Crippen molar-refractivity contribution in [3.05, 3.63) is 40.6 Å². The predicted octanol–water partition coefficient (Wildman–Crippen LogP) is 3.65. The van der Waals surface area contributed by atoms with E-state index in [0.717, 1.165) is 34.8 Å². The Labute approximate surface area is 156 Å². The number of rotatable bonds is 4. The number of allylic oxidation sites excluding steroid dienone is 1. The van der Waals surface area contributed by atoms with Gasteiger partial charge in [0.25, 0.3) is 0 Å². The van der Waals surface area contributed by atoms with Crippen molar-refractivity contribution in [3.8, 4) is 17.2 Å². The first-order chi connectivity index (χ1) is 12.7. The molecule has 1 atom stereocenters. The van der Waals surface area contributed by atoms with Crippen LogP contribution in [0, 0.1) is 0 Å². The number of ketones is 1. The summed E-state index contributed by atoms with van der Waals surface area (Å²) in [5.74, 6) is 1.86. The highest BCUT2D eigenvalue weighted by Crippen LogP contribution is 2.47. The molecule has 0 saturated heterocycles. The van der Waals surface area contributed by atoms with Crippen molar-refractivity contribution in [2.24, 2.45) is 4.99 Å². The number of Topliss-reactive ketones (excluding diaryl/α,β-unsaturated/α-hetero) is 1. The van der Waals surface area contributed by atoms with E-state index in [0.29, 0.717) is 23.7 Å². The third-order valence-electron chi connectivity index (χ3n) is 4.83. The fourth-order valence-electron chi connectivity index (χ4n) is 3.68. The first-order valence-corrected chi connectivity index (χ1v) is 9.32. The van der Waals surface area contributed by atoms with E-state index >= 15 is 0 Å². The monoisotopic (exact) mass is 372 g/mol. The zero-order valence-corrected chi connectivity index (χ0v) is 15.8. The molecular formula is C19H20N2O4S. The number of thioether (sulfide) groups is 1. The third-order valence-corrected chi connectivity index (χ3v) is 5.60. The van der Waals surface area contributed by atoms with E-state index in [4.69, 9.17) is 19.2 Å². The minimum atomic E-state index is -0.231. The Kier molecular flexibility index (Phi) is 4.40. The highest BCUT2D eigenvalue weighted by Gasteiger charge is 2.39. The highest BCUT2D eigenvalue weighted by atomic mass is 32.2. The van der Waals surface area contributed by atoms with Gasteiger partial charge in [0, 0.05) is 18.2 Å². The average Bonchev–Trinajstić information content (AvgIpc) is 3.13. The molecular weight excluding hydrogens is 352 g/mol. The highest BCUT2D eigenvalue weighted by molar-refractivity contribution is 8.16. The van der Waals surface area contributed by atoms with E-state index in [2.05, 4.69) is 0 Å². The summed E-state index contributed by atoms with van der Waals surface area (Å²) in [6.45, 7) is 0. The Morgan fingerprint density at radius 1 is 1.12 bits per heavy atom. The normalized spacial score (nSPS) is 21.3. The van der Waals surface area contributed by atoms with Gasteiger partial charge < -0.3 is 19.1 Å². The van der Waals surface area contributed by atoms with Gasteiger partial charge in [-0.25, -0.2) is 4.99 Å². The molecule has 1 aromatic carbocycles. The number of fused-ring (bicyclic) bond motifs is 1. The molecule has 0 amide bonds. The maximum atomic E-state index is 12.8. The van der Waals surface area contributed by atoms with E-state index in [1.807, 2.05) is 28.6 Å². The number of hydrogen-bond acceptors (Lipinski definition) is 7. The van der Waals surface area contributed by atoms with Crippen LogP contribution in [0.2, 0.25) is 0 Å². The number of benzene rings is 1. The van der Waals surface area contributed by atoms with Crippen LogP contribution in [0.4, 0.5) is 0 Å². The van der Waals surface area contributed by atoms with Crippen molar-refractivity contribution in [2.45, 2.75) is 25.3 Å². The molecule has 0 saturated carbocycles. The van der Waals surface area contributed by atoms with Gasteiger partial charge in [0.15, 0.2) is 22.4 Å². The van der Waals surface area contributed by atoms with Gasteiger partial charge in [0.05, 0.1) is 33.1 Å². The quantitative estimate of drug-likeness (QED) is 0.804. The number of methoxy groups -OCH3 is 3. The molecule has 1 aliphatic carbocycles. The van der Waals surface area contributed by atoms with Crippen LogP contribution in [0.1, 0.15) is 30.9 Å². The number of aliphatic imine (C=N–C) groups is 1. The third kappa shape index (κ3) is 2.58. The topological polar surface area (TPSA) is 60.4 Å². The lowest BCUT2D eigenvalue weighted by atomic mass is 9.85. The van der Waals surface area contributed by atoms with Crippen LogP contribution >= 0.6 is 11.8 Å². The molecule has 0 N–H and O–H groups in total.